The minimum atomic E-state index is -0.961. The third-order valence-corrected chi connectivity index (χ3v) is 3.86. The largest absolute Gasteiger partial charge is 0.478 e. The van der Waals surface area contributed by atoms with Crippen molar-refractivity contribution in [2.45, 2.75) is 13.0 Å². The fraction of sp³-hybridized carbons (Fsp3) is 0.462. The van der Waals surface area contributed by atoms with Crippen LogP contribution in [0.1, 0.15) is 16.1 Å². The van der Waals surface area contributed by atoms with Crippen LogP contribution in [0.15, 0.2) is 12.1 Å². The predicted molar refractivity (Wildman–Crippen MR) is 72.0 cm³/mol. The van der Waals surface area contributed by atoms with E-state index in [1.807, 2.05) is 4.90 Å². The molecule has 7 nitrogen and oxygen atoms in total. The molecule has 3 heterocycles. The van der Waals surface area contributed by atoms with E-state index in [-0.39, 0.29) is 17.6 Å². The number of aromatic carboxylic acids is 1. The standard InChI is InChI=1S/C13H16N4O3/c1-8-10(12(18)19)2-3-11(15-8)16-4-5-17-9(7-16)6-14-13(17)20/h2-3,9H,4-7H2,1H3,(H,14,20)(H,18,19). The maximum Gasteiger partial charge on any atom is 0.337 e. The number of aryl methyl sites for hydroxylation is 1. The Morgan fingerprint density at radius 1 is 1.45 bits per heavy atom. The molecule has 106 valence electrons. The maximum absolute atomic E-state index is 11.5. The number of fused-ring (bicyclic) bond motifs is 1. The number of hydrogen-bond acceptors (Lipinski definition) is 4. The van der Waals surface area contributed by atoms with E-state index < -0.39 is 5.97 Å². The summed E-state index contributed by atoms with van der Waals surface area (Å²) >= 11 is 0. The van der Waals surface area contributed by atoms with Crippen LogP contribution in [0.4, 0.5) is 10.6 Å². The monoisotopic (exact) mass is 276 g/mol. The number of pyridine rings is 1. The van der Waals surface area contributed by atoms with Gasteiger partial charge >= 0.3 is 12.0 Å². The molecule has 2 aliphatic rings. The third kappa shape index (κ3) is 2.04. The van der Waals surface area contributed by atoms with Crippen LogP contribution in [0, 0.1) is 6.92 Å². The molecule has 1 unspecified atom stereocenters. The lowest BCUT2D eigenvalue weighted by Gasteiger charge is -2.37. The van der Waals surface area contributed by atoms with Gasteiger partial charge in [-0.25, -0.2) is 14.6 Å². The Labute approximate surface area is 116 Å². The van der Waals surface area contributed by atoms with Gasteiger partial charge in [0.25, 0.3) is 0 Å². The topological polar surface area (TPSA) is 85.8 Å². The summed E-state index contributed by atoms with van der Waals surface area (Å²) in [4.78, 5) is 30.8. The summed E-state index contributed by atoms with van der Waals surface area (Å²) in [5.74, 6) is -0.191. The van der Waals surface area contributed by atoms with Crippen molar-refractivity contribution in [2.24, 2.45) is 0 Å². The summed E-state index contributed by atoms with van der Waals surface area (Å²) in [6, 6.07) is 3.48. The van der Waals surface area contributed by atoms with Crippen molar-refractivity contribution >= 4 is 17.8 Å². The van der Waals surface area contributed by atoms with Crippen molar-refractivity contribution < 1.29 is 14.7 Å². The van der Waals surface area contributed by atoms with Gasteiger partial charge in [-0.05, 0) is 19.1 Å². The van der Waals surface area contributed by atoms with Gasteiger partial charge in [0.05, 0.1) is 17.3 Å². The Bertz CT molecular complexity index is 575. The molecular weight excluding hydrogens is 260 g/mol. The van der Waals surface area contributed by atoms with Gasteiger partial charge < -0.3 is 20.2 Å². The molecule has 0 bridgehead atoms. The van der Waals surface area contributed by atoms with E-state index in [1.54, 1.807) is 19.1 Å². The zero-order chi connectivity index (χ0) is 14.3. The molecule has 2 fully saturated rings. The number of rotatable bonds is 2. The summed E-state index contributed by atoms with van der Waals surface area (Å²) < 4.78 is 0. The van der Waals surface area contributed by atoms with Gasteiger partial charge in [-0.3, -0.25) is 0 Å². The molecule has 1 aromatic heterocycles. The van der Waals surface area contributed by atoms with Gasteiger partial charge in [-0.2, -0.15) is 0 Å². The molecular formula is C13H16N4O3. The van der Waals surface area contributed by atoms with Gasteiger partial charge in [0.1, 0.15) is 5.82 Å². The van der Waals surface area contributed by atoms with Crippen LogP contribution >= 0.6 is 0 Å². The van der Waals surface area contributed by atoms with E-state index in [0.29, 0.717) is 25.3 Å². The van der Waals surface area contributed by atoms with Crippen LogP contribution in [0.25, 0.3) is 0 Å². The van der Waals surface area contributed by atoms with Gasteiger partial charge in [-0.15, -0.1) is 0 Å². The van der Waals surface area contributed by atoms with Crippen molar-refractivity contribution in [1.82, 2.24) is 15.2 Å². The Balaban J connectivity index is 1.79. The Morgan fingerprint density at radius 3 is 2.95 bits per heavy atom. The van der Waals surface area contributed by atoms with E-state index in [9.17, 15) is 9.59 Å². The maximum atomic E-state index is 11.5. The molecule has 1 atom stereocenters. The second kappa shape index (κ2) is 4.66. The number of anilines is 1. The normalized spacial score (nSPS) is 21.6. The summed E-state index contributed by atoms with van der Waals surface area (Å²) in [6.07, 6.45) is 0. The van der Waals surface area contributed by atoms with Crippen molar-refractivity contribution in [3.8, 4) is 0 Å². The number of aromatic nitrogens is 1. The molecule has 0 aliphatic carbocycles. The van der Waals surface area contributed by atoms with Crippen molar-refractivity contribution in [3.63, 3.8) is 0 Å². The summed E-state index contributed by atoms with van der Waals surface area (Å²) in [7, 11) is 0. The van der Waals surface area contributed by atoms with Crippen LogP contribution in [-0.2, 0) is 0 Å². The SMILES string of the molecule is Cc1nc(N2CCN3C(=O)NCC3C2)ccc1C(=O)O. The van der Waals surface area contributed by atoms with Gasteiger partial charge in [0, 0.05) is 26.2 Å². The Hall–Kier alpha value is -2.31. The van der Waals surface area contributed by atoms with Crippen LogP contribution in [0.5, 0.6) is 0 Å². The molecule has 2 N–H and O–H groups in total. The lowest BCUT2D eigenvalue weighted by atomic mass is 10.1. The highest BCUT2D eigenvalue weighted by molar-refractivity contribution is 5.89. The lowest BCUT2D eigenvalue weighted by molar-refractivity contribution is 0.0695. The van der Waals surface area contributed by atoms with E-state index in [2.05, 4.69) is 15.2 Å². The van der Waals surface area contributed by atoms with Gasteiger partial charge in [-0.1, -0.05) is 0 Å². The zero-order valence-electron chi connectivity index (χ0n) is 11.2. The fourth-order valence-electron chi connectivity index (χ4n) is 2.76. The molecule has 20 heavy (non-hydrogen) atoms. The first-order valence-electron chi connectivity index (χ1n) is 6.56. The quantitative estimate of drug-likeness (QED) is 0.811. The average Bonchev–Trinajstić information content (AvgIpc) is 2.79. The highest BCUT2D eigenvalue weighted by Gasteiger charge is 2.35. The number of nitrogens with zero attached hydrogens (tertiary/aromatic N) is 3. The van der Waals surface area contributed by atoms with E-state index in [1.165, 1.54) is 0 Å². The van der Waals surface area contributed by atoms with Crippen LogP contribution in [0.3, 0.4) is 0 Å². The number of carboxylic acid groups (broad SMARTS) is 1. The number of hydrogen-bond donors (Lipinski definition) is 2. The van der Waals surface area contributed by atoms with Crippen LogP contribution < -0.4 is 10.2 Å². The second-order valence-electron chi connectivity index (χ2n) is 5.09. The molecule has 2 aliphatic heterocycles. The molecule has 3 rings (SSSR count). The molecule has 1 aromatic rings. The molecule has 0 aromatic carbocycles. The average molecular weight is 276 g/mol. The van der Waals surface area contributed by atoms with E-state index >= 15 is 0 Å². The van der Waals surface area contributed by atoms with Crippen molar-refractivity contribution in [2.75, 3.05) is 31.1 Å². The highest BCUT2D eigenvalue weighted by Crippen LogP contribution is 2.21. The summed E-state index contributed by atoms with van der Waals surface area (Å²) in [5.41, 5.74) is 0.739. The second-order valence-corrected chi connectivity index (χ2v) is 5.09. The Morgan fingerprint density at radius 2 is 2.25 bits per heavy atom. The van der Waals surface area contributed by atoms with E-state index in [0.717, 1.165) is 12.4 Å². The van der Waals surface area contributed by atoms with Crippen molar-refractivity contribution in [3.05, 3.63) is 23.4 Å². The number of nitrogens with one attached hydrogen (secondary N) is 1. The first-order valence-corrected chi connectivity index (χ1v) is 6.56. The number of urea groups is 1. The van der Waals surface area contributed by atoms with E-state index in [4.69, 9.17) is 5.11 Å². The van der Waals surface area contributed by atoms with Gasteiger partial charge in [0.2, 0.25) is 0 Å². The molecule has 0 saturated carbocycles. The van der Waals surface area contributed by atoms with Crippen molar-refractivity contribution in [1.29, 1.82) is 0 Å². The number of carboxylic acids is 1. The zero-order valence-corrected chi connectivity index (χ0v) is 11.2. The third-order valence-electron chi connectivity index (χ3n) is 3.86. The first-order chi connectivity index (χ1) is 9.56. The van der Waals surface area contributed by atoms with Crippen LogP contribution in [-0.4, -0.2) is 59.2 Å². The smallest absolute Gasteiger partial charge is 0.337 e. The Kier molecular flexibility index (Phi) is 2.96. The molecule has 2 amide bonds. The molecule has 7 heteroatoms. The predicted octanol–water partition coefficient (Wildman–Crippen LogP) is 0.302. The number of carbonyl (C=O) groups excluding carboxylic acids is 1. The highest BCUT2D eigenvalue weighted by atomic mass is 16.4. The molecule has 2 saturated heterocycles. The number of amides is 2. The fourth-order valence-corrected chi connectivity index (χ4v) is 2.76. The number of carbonyl (C=O) groups is 2. The van der Waals surface area contributed by atoms with Crippen LogP contribution in [0.2, 0.25) is 0 Å². The first kappa shape index (κ1) is 12.7. The molecule has 0 spiro atoms. The minimum Gasteiger partial charge on any atom is -0.478 e. The summed E-state index contributed by atoms with van der Waals surface area (Å²) in [5, 5.41) is 11.8. The minimum absolute atomic E-state index is 0.0000138. The summed E-state index contributed by atoms with van der Waals surface area (Å²) in [6.45, 7) is 4.45. The molecule has 0 radical (unpaired) electrons. The lowest BCUT2D eigenvalue weighted by Crippen LogP contribution is -2.52. The van der Waals surface area contributed by atoms with Gasteiger partial charge in [0.15, 0.2) is 0 Å². The number of piperazine rings is 1.